The van der Waals surface area contributed by atoms with Crippen LogP contribution in [-0.4, -0.2) is 24.1 Å². The second-order valence-corrected chi connectivity index (χ2v) is 6.23. The van der Waals surface area contributed by atoms with Gasteiger partial charge in [-0.05, 0) is 31.2 Å². The Bertz CT molecular complexity index is 1210. The molecule has 0 fully saturated rings. The van der Waals surface area contributed by atoms with Crippen LogP contribution in [0.15, 0.2) is 47.8 Å². The van der Waals surface area contributed by atoms with Crippen LogP contribution in [0.25, 0.3) is 22.3 Å². The molecule has 8 heteroatoms. The van der Waals surface area contributed by atoms with E-state index in [9.17, 15) is 13.6 Å². The minimum absolute atomic E-state index is 0.0564. The highest BCUT2D eigenvalue weighted by atomic mass is 19.1. The third-order valence-corrected chi connectivity index (χ3v) is 4.57. The average Bonchev–Trinajstić information content (AvgIpc) is 2.91. The van der Waals surface area contributed by atoms with Crippen molar-refractivity contribution in [1.29, 1.82) is 0 Å². The van der Waals surface area contributed by atoms with Crippen molar-refractivity contribution in [3.8, 4) is 11.1 Å². The van der Waals surface area contributed by atoms with Gasteiger partial charge in [0.15, 0.2) is 5.65 Å². The second-order valence-electron chi connectivity index (χ2n) is 6.23. The molecule has 6 nitrogen and oxygen atoms in total. The molecule has 4 aromatic rings. The molecule has 0 aliphatic rings. The van der Waals surface area contributed by atoms with Crippen LogP contribution < -0.4 is 5.69 Å². The summed E-state index contributed by atoms with van der Waals surface area (Å²) >= 11 is 0. The van der Waals surface area contributed by atoms with E-state index in [2.05, 4.69) is 15.0 Å². The van der Waals surface area contributed by atoms with Crippen molar-refractivity contribution >= 4 is 11.2 Å². The number of aryl methyl sites for hydroxylation is 1. The maximum absolute atomic E-state index is 14.5. The summed E-state index contributed by atoms with van der Waals surface area (Å²) in [6.45, 7) is 1.61. The summed E-state index contributed by atoms with van der Waals surface area (Å²) < 4.78 is 31.0. The number of aromatic nitrogens is 5. The normalized spacial score (nSPS) is 11.3. The number of hydrogen-bond donors (Lipinski definition) is 0. The average molecular weight is 367 g/mol. The van der Waals surface area contributed by atoms with E-state index in [1.807, 2.05) is 0 Å². The number of halogens is 2. The molecular formula is C19H15F2N5O. The van der Waals surface area contributed by atoms with Crippen molar-refractivity contribution in [3.05, 3.63) is 76.4 Å². The minimum atomic E-state index is -0.642. The monoisotopic (exact) mass is 367 g/mol. The van der Waals surface area contributed by atoms with Gasteiger partial charge in [-0.2, -0.15) is 0 Å². The Balaban J connectivity index is 1.91. The molecule has 0 aliphatic heterocycles. The third-order valence-electron chi connectivity index (χ3n) is 4.57. The summed E-state index contributed by atoms with van der Waals surface area (Å²) in [5, 5.41) is 0. The number of nitrogens with zero attached hydrogens (tertiary/aromatic N) is 5. The number of rotatable bonds is 3. The zero-order valence-corrected chi connectivity index (χ0v) is 14.6. The Kier molecular flexibility index (Phi) is 4.02. The molecule has 0 spiro atoms. The lowest BCUT2D eigenvalue weighted by Gasteiger charge is -2.08. The number of pyridine rings is 1. The van der Waals surface area contributed by atoms with Crippen LogP contribution in [0.5, 0.6) is 0 Å². The van der Waals surface area contributed by atoms with Crippen LogP contribution in [0, 0.1) is 18.6 Å². The van der Waals surface area contributed by atoms with Gasteiger partial charge >= 0.3 is 5.69 Å². The Morgan fingerprint density at radius 1 is 1.15 bits per heavy atom. The third kappa shape index (κ3) is 2.79. The van der Waals surface area contributed by atoms with Gasteiger partial charge in [0.25, 0.3) is 0 Å². The molecule has 0 bridgehead atoms. The molecule has 0 aliphatic carbocycles. The molecule has 3 heterocycles. The predicted octanol–water partition coefficient (Wildman–Crippen LogP) is 2.83. The molecule has 3 aromatic heterocycles. The largest absolute Gasteiger partial charge is 0.330 e. The van der Waals surface area contributed by atoms with Crippen molar-refractivity contribution in [2.75, 3.05) is 0 Å². The number of hydrogen-bond acceptors (Lipinski definition) is 4. The van der Waals surface area contributed by atoms with Crippen LogP contribution >= 0.6 is 0 Å². The Labute approximate surface area is 152 Å². The first kappa shape index (κ1) is 17.0. The SMILES string of the molecule is Cc1c(F)ccc(-c2cnc3c(c2)n(Cc2ccncn2)c(=O)n3C)c1F. The highest BCUT2D eigenvalue weighted by Gasteiger charge is 2.17. The van der Waals surface area contributed by atoms with Crippen molar-refractivity contribution in [2.45, 2.75) is 13.5 Å². The van der Waals surface area contributed by atoms with Gasteiger partial charge in [0, 0.05) is 36.1 Å². The van der Waals surface area contributed by atoms with E-state index < -0.39 is 11.6 Å². The lowest BCUT2D eigenvalue weighted by molar-refractivity contribution is 0.570. The van der Waals surface area contributed by atoms with Gasteiger partial charge in [0.05, 0.1) is 17.8 Å². The topological polar surface area (TPSA) is 65.6 Å². The summed E-state index contributed by atoms with van der Waals surface area (Å²) in [6, 6.07) is 5.99. The fourth-order valence-electron chi connectivity index (χ4n) is 3.04. The lowest BCUT2D eigenvalue weighted by Crippen LogP contribution is -2.23. The molecule has 0 N–H and O–H groups in total. The van der Waals surface area contributed by atoms with E-state index in [0.717, 1.165) is 0 Å². The zero-order valence-electron chi connectivity index (χ0n) is 14.6. The van der Waals surface area contributed by atoms with E-state index in [-0.39, 0.29) is 23.4 Å². The van der Waals surface area contributed by atoms with Crippen LogP contribution in [0.2, 0.25) is 0 Å². The van der Waals surface area contributed by atoms with Gasteiger partial charge in [-0.1, -0.05) is 0 Å². The summed E-state index contributed by atoms with van der Waals surface area (Å²) in [6.07, 6.45) is 4.48. The fourth-order valence-corrected chi connectivity index (χ4v) is 3.04. The number of fused-ring (bicyclic) bond motifs is 1. The van der Waals surface area contributed by atoms with Crippen molar-refractivity contribution in [1.82, 2.24) is 24.1 Å². The summed E-state index contributed by atoms with van der Waals surface area (Å²) in [5.41, 5.74) is 2.05. The molecule has 0 unspecified atom stereocenters. The number of benzene rings is 1. The van der Waals surface area contributed by atoms with Crippen LogP contribution in [0.4, 0.5) is 8.78 Å². The fraction of sp³-hybridized carbons (Fsp3) is 0.158. The standard InChI is InChI=1S/C19H15F2N5O/c1-11-15(20)4-3-14(17(11)21)12-7-16-18(23-8-12)25(2)19(27)26(16)9-13-5-6-22-10-24-13/h3-8,10H,9H2,1-2H3. The highest BCUT2D eigenvalue weighted by Crippen LogP contribution is 2.28. The molecule has 0 saturated carbocycles. The van der Waals surface area contributed by atoms with E-state index in [4.69, 9.17) is 0 Å². The van der Waals surface area contributed by atoms with E-state index in [1.54, 1.807) is 25.4 Å². The predicted molar refractivity (Wildman–Crippen MR) is 96.2 cm³/mol. The van der Waals surface area contributed by atoms with Crippen LogP contribution in [-0.2, 0) is 13.6 Å². The van der Waals surface area contributed by atoms with Crippen molar-refractivity contribution < 1.29 is 8.78 Å². The van der Waals surface area contributed by atoms with Gasteiger partial charge < -0.3 is 0 Å². The van der Waals surface area contributed by atoms with Gasteiger partial charge in [0.2, 0.25) is 0 Å². The van der Waals surface area contributed by atoms with Crippen molar-refractivity contribution in [2.24, 2.45) is 7.05 Å². The molecule has 0 atom stereocenters. The van der Waals surface area contributed by atoms with E-state index in [1.165, 1.54) is 40.7 Å². The van der Waals surface area contributed by atoms with Crippen molar-refractivity contribution in [3.63, 3.8) is 0 Å². The highest BCUT2D eigenvalue weighted by molar-refractivity contribution is 5.79. The van der Waals surface area contributed by atoms with Crippen LogP contribution in [0.1, 0.15) is 11.3 Å². The molecule has 0 radical (unpaired) electrons. The summed E-state index contributed by atoms with van der Waals surface area (Å²) in [7, 11) is 1.62. The molecule has 0 saturated heterocycles. The van der Waals surface area contributed by atoms with Crippen LogP contribution in [0.3, 0.4) is 0 Å². The van der Waals surface area contributed by atoms with Gasteiger partial charge in [-0.25, -0.2) is 28.5 Å². The molecule has 4 rings (SSSR count). The summed E-state index contributed by atoms with van der Waals surface area (Å²) in [4.78, 5) is 25.0. The quantitative estimate of drug-likeness (QED) is 0.559. The Hall–Kier alpha value is -3.42. The smallest absolute Gasteiger partial charge is 0.284 e. The van der Waals surface area contributed by atoms with Gasteiger partial charge in [-0.3, -0.25) is 9.13 Å². The van der Waals surface area contributed by atoms with Gasteiger partial charge in [0.1, 0.15) is 18.0 Å². The first-order valence-corrected chi connectivity index (χ1v) is 8.22. The maximum atomic E-state index is 14.5. The molecule has 0 amide bonds. The molecule has 136 valence electrons. The van der Waals surface area contributed by atoms with E-state index in [0.29, 0.717) is 22.4 Å². The van der Waals surface area contributed by atoms with E-state index >= 15 is 0 Å². The Morgan fingerprint density at radius 3 is 2.70 bits per heavy atom. The first-order chi connectivity index (χ1) is 13.0. The first-order valence-electron chi connectivity index (χ1n) is 8.22. The maximum Gasteiger partial charge on any atom is 0.330 e. The second kappa shape index (κ2) is 6.39. The zero-order chi connectivity index (χ0) is 19.1. The molecular weight excluding hydrogens is 352 g/mol. The lowest BCUT2D eigenvalue weighted by atomic mass is 10.0. The summed E-state index contributed by atoms with van der Waals surface area (Å²) in [5.74, 6) is -1.25. The molecule has 27 heavy (non-hydrogen) atoms. The van der Waals surface area contributed by atoms with Gasteiger partial charge in [-0.15, -0.1) is 0 Å². The number of imidazole rings is 1. The molecule has 1 aromatic carbocycles. The Morgan fingerprint density at radius 2 is 1.96 bits per heavy atom. The minimum Gasteiger partial charge on any atom is -0.284 e.